The monoisotopic (exact) mass is 685 g/mol. The number of nitrogens with zero attached hydrogens (tertiary/aromatic N) is 4. The third kappa shape index (κ3) is 8.31. The SMILES string of the molecule is Cc1ccc2c(CC[C@H](O)C(F)(F)F)cccc2c1Oc1ncccc1-c1ccnc(N[C@H]2C[C@@H](C)CN(C(=O)OCc3ccccc3)C2)n1. The number of hydrogen-bond donors (Lipinski definition) is 2. The normalized spacial score (nSPS) is 17.0. The Hall–Kier alpha value is -5.23. The van der Waals surface area contributed by atoms with E-state index < -0.39 is 18.7 Å². The Kier molecular flexibility index (Phi) is 10.5. The lowest BCUT2D eigenvalue weighted by Crippen LogP contribution is -2.48. The summed E-state index contributed by atoms with van der Waals surface area (Å²) in [4.78, 5) is 28.4. The van der Waals surface area contributed by atoms with Crippen molar-refractivity contribution < 1.29 is 32.5 Å². The van der Waals surface area contributed by atoms with Gasteiger partial charge in [0.2, 0.25) is 11.8 Å². The smallest absolute Gasteiger partial charge is 0.414 e. The van der Waals surface area contributed by atoms with E-state index in [1.807, 2.05) is 61.5 Å². The molecule has 1 amide bonds. The van der Waals surface area contributed by atoms with Gasteiger partial charge in [-0.1, -0.05) is 67.6 Å². The van der Waals surface area contributed by atoms with Crippen LogP contribution in [0.2, 0.25) is 0 Å². The molecule has 0 radical (unpaired) electrons. The molecule has 0 spiro atoms. The molecule has 1 fully saturated rings. The number of benzene rings is 3. The number of carbonyl (C=O) groups excluding carboxylic acids is 1. The topological polar surface area (TPSA) is 110 Å². The third-order valence-electron chi connectivity index (χ3n) is 8.72. The summed E-state index contributed by atoms with van der Waals surface area (Å²) < 4.78 is 51.0. The van der Waals surface area contributed by atoms with Crippen LogP contribution in [0.3, 0.4) is 0 Å². The molecule has 50 heavy (non-hydrogen) atoms. The minimum Gasteiger partial charge on any atom is -0.445 e. The highest BCUT2D eigenvalue weighted by atomic mass is 19.4. The van der Waals surface area contributed by atoms with Gasteiger partial charge in [-0.05, 0) is 72.4 Å². The summed E-state index contributed by atoms with van der Waals surface area (Å²) in [6, 6.07) is 23.9. The van der Waals surface area contributed by atoms with Crippen molar-refractivity contribution in [2.75, 3.05) is 18.4 Å². The number of pyridine rings is 1. The number of aryl methyl sites for hydroxylation is 2. The summed E-state index contributed by atoms with van der Waals surface area (Å²) in [6.45, 7) is 5.20. The average Bonchev–Trinajstić information content (AvgIpc) is 3.10. The number of likely N-dealkylation sites (tertiary alicyclic amines) is 1. The summed E-state index contributed by atoms with van der Waals surface area (Å²) in [5.41, 5.74) is 3.58. The fourth-order valence-electron chi connectivity index (χ4n) is 6.25. The van der Waals surface area contributed by atoms with Gasteiger partial charge in [-0.2, -0.15) is 13.2 Å². The minimum atomic E-state index is -4.67. The number of ether oxygens (including phenoxy) is 2. The number of aromatic nitrogens is 3. The fraction of sp³-hybridized carbons (Fsp3) is 0.316. The summed E-state index contributed by atoms with van der Waals surface area (Å²) in [6.07, 6.45) is -3.78. The number of fused-ring (bicyclic) bond motifs is 1. The third-order valence-corrected chi connectivity index (χ3v) is 8.72. The molecule has 6 rings (SSSR count). The van der Waals surface area contributed by atoms with Crippen LogP contribution >= 0.6 is 0 Å². The van der Waals surface area contributed by atoms with Crippen molar-refractivity contribution >= 4 is 22.8 Å². The Balaban J connectivity index is 1.19. The van der Waals surface area contributed by atoms with Crippen LogP contribution in [-0.2, 0) is 17.8 Å². The van der Waals surface area contributed by atoms with Gasteiger partial charge in [-0.25, -0.2) is 19.7 Å². The molecule has 2 aromatic heterocycles. The summed E-state index contributed by atoms with van der Waals surface area (Å²) in [5, 5.41) is 14.4. The van der Waals surface area contributed by atoms with E-state index in [0.29, 0.717) is 52.9 Å². The molecule has 2 N–H and O–H groups in total. The molecule has 0 aliphatic carbocycles. The van der Waals surface area contributed by atoms with Crippen LogP contribution < -0.4 is 10.1 Å². The van der Waals surface area contributed by atoms with Crippen LogP contribution in [0.1, 0.15) is 36.5 Å². The summed E-state index contributed by atoms with van der Waals surface area (Å²) in [7, 11) is 0. The number of aliphatic hydroxyl groups is 1. The van der Waals surface area contributed by atoms with Gasteiger partial charge in [0.05, 0.1) is 11.3 Å². The molecular weight excluding hydrogens is 647 g/mol. The van der Waals surface area contributed by atoms with Crippen molar-refractivity contribution in [3.05, 3.63) is 108 Å². The first-order valence-electron chi connectivity index (χ1n) is 16.5. The molecule has 9 nitrogen and oxygen atoms in total. The molecular formula is C38H38F3N5O4. The van der Waals surface area contributed by atoms with Gasteiger partial charge in [-0.3, -0.25) is 0 Å². The van der Waals surface area contributed by atoms with E-state index in [0.717, 1.165) is 22.9 Å². The maximum Gasteiger partial charge on any atom is 0.414 e. The Labute approximate surface area is 288 Å². The van der Waals surface area contributed by atoms with Crippen LogP contribution in [0.15, 0.2) is 91.3 Å². The number of amides is 1. The molecule has 12 heteroatoms. The minimum absolute atomic E-state index is 0.0401. The number of halogens is 3. The second kappa shape index (κ2) is 15.1. The van der Waals surface area contributed by atoms with E-state index in [-0.39, 0.29) is 31.1 Å². The maximum atomic E-state index is 13.0. The van der Waals surface area contributed by atoms with Crippen molar-refractivity contribution in [2.24, 2.45) is 5.92 Å². The molecule has 260 valence electrons. The second-order valence-electron chi connectivity index (χ2n) is 12.7. The Morgan fingerprint density at radius 2 is 1.80 bits per heavy atom. The Bertz CT molecular complexity index is 1940. The van der Waals surface area contributed by atoms with E-state index >= 15 is 0 Å². The number of rotatable bonds is 10. The molecule has 5 aromatic rings. The summed E-state index contributed by atoms with van der Waals surface area (Å²) in [5.74, 6) is 1.43. The van der Waals surface area contributed by atoms with Crippen LogP contribution in [0.25, 0.3) is 22.0 Å². The highest BCUT2D eigenvalue weighted by Gasteiger charge is 2.37. The van der Waals surface area contributed by atoms with E-state index in [9.17, 15) is 23.1 Å². The maximum absolute atomic E-state index is 13.0. The number of aliphatic hydroxyl groups excluding tert-OH is 1. The molecule has 1 saturated heterocycles. The lowest BCUT2D eigenvalue weighted by molar-refractivity contribution is -0.205. The molecule has 1 aliphatic rings. The first-order chi connectivity index (χ1) is 24.0. The lowest BCUT2D eigenvalue weighted by atomic mass is 9.96. The molecule has 3 atom stereocenters. The van der Waals surface area contributed by atoms with Gasteiger partial charge in [0, 0.05) is 36.9 Å². The van der Waals surface area contributed by atoms with Gasteiger partial charge < -0.3 is 24.8 Å². The largest absolute Gasteiger partial charge is 0.445 e. The average molecular weight is 686 g/mol. The Morgan fingerprint density at radius 1 is 0.980 bits per heavy atom. The zero-order valence-corrected chi connectivity index (χ0v) is 27.7. The number of nitrogens with one attached hydrogen (secondary N) is 1. The molecule has 0 bridgehead atoms. The van der Waals surface area contributed by atoms with Crippen molar-refractivity contribution in [3.63, 3.8) is 0 Å². The van der Waals surface area contributed by atoms with Gasteiger partial charge in [0.25, 0.3) is 0 Å². The lowest BCUT2D eigenvalue weighted by Gasteiger charge is -2.36. The number of anilines is 1. The number of hydrogen-bond acceptors (Lipinski definition) is 8. The van der Waals surface area contributed by atoms with Crippen LogP contribution in [-0.4, -0.2) is 62.5 Å². The van der Waals surface area contributed by atoms with Crippen LogP contribution in [0.4, 0.5) is 23.9 Å². The van der Waals surface area contributed by atoms with Gasteiger partial charge in [-0.15, -0.1) is 0 Å². The Morgan fingerprint density at radius 3 is 2.60 bits per heavy atom. The second-order valence-corrected chi connectivity index (χ2v) is 12.7. The van der Waals surface area contributed by atoms with Gasteiger partial charge in [0.15, 0.2) is 0 Å². The van der Waals surface area contributed by atoms with Crippen LogP contribution in [0, 0.1) is 12.8 Å². The highest BCUT2D eigenvalue weighted by Crippen LogP contribution is 2.38. The van der Waals surface area contributed by atoms with E-state index in [2.05, 4.69) is 22.2 Å². The predicted octanol–water partition coefficient (Wildman–Crippen LogP) is 8.11. The molecule has 3 aromatic carbocycles. The number of alkyl halides is 3. The van der Waals surface area contributed by atoms with Crippen molar-refractivity contribution in [2.45, 2.75) is 58.0 Å². The molecule has 1 aliphatic heterocycles. The van der Waals surface area contributed by atoms with Gasteiger partial charge >= 0.3 is 12.3 Å². The predicted molar refractivity (Wildman–Crippen MR) is 184 cm³/mol. The quantitative estimate of drug-likeness (QED) is 0.152. The highest BCUT2D eigenvalue weighted by molar-refractivity contribution is 5.92. The summed E-state index contributed by atoms with van der Waals surface area (Å²) >= 11 is 0. The van der Waals surface area contributed by atoms with Crippen molar-refractivity contribution in [1.29, 1.82) is 0 Å². The molecule has 0 unspecified atom stereocenters. The number of carbonyl (C=O) groups is 1. The zero-order valence-electron chi connectivity index (χ0n) is 27.7. The first-order valence-corrected chi connectivity index (χ1v) is 16.5. The van der Waals surface area contributed by atoms with E-state index in [1.165, 1.54) is 0 Å². The number of piperidine rings is 1. The van der Waals surface area contributed by atoms with Crippen molar-refractivity contribution in [3.8, 4) is 22.9 Å². The molecule has 3 heterocycles. The van der Waals surface area contributed by atoms with E-state index in [1.54, 1.807) is 41.6 Å². The van der Waals surface area contributed by atoms with Crippen LogP contribution in [0.5, 0.6) is 11.6 Å². The standard InChI is InChI=1S/C38H38F3N5O4/c1-24-20-28(22-46(21-24)37(48)49-23-26-8-4-3-5-9-26)44-36-43-19-17-32(45-36)31-12-7-18-42-35(31)50-34-25(2)13-15-29-27(10-6-11-30(29)34)14-16-33(47)38(39,40)41/h3-13,15,17-19,24,28,33,47H,14,16,20-23H2,1-2H3,(H,43,44,45)/t24-,28+,33+/m1/s1. The van der Waals surface area contributed by atoms with Crippen molar-refractivity contribution in [1.82, 2.24) is 19.9 Å². The van der Waals surface area contributed by atoms with Gasteiger partial charge in [0.1, 0.15) is 18.5 Å². The molecule has 0 saturated carbocycles. The fourth-order valence-corrected chi connectivity index (χ4v) is 6.25. The first kappa shape index (κ1) is 34.6. The zero-order chi connectivity index (χ0) is 35.3. The van der Waals surface area contributed by atoms with E-state index in [4.69, 9.17) is 14.5 Å².